The highest BCUT2D eigenvalue weighted by atomic mass is 35.5. The summed E-state index contributed by atoms with van der Waals surface area (Å²) < 4.78 is 0. The van der Waals surface area contributed by atoms with E-state index in [1.807, 2.05) is 0 Å². The summed E-state index contributed by atoms with van der Waals surface area (Å²) >= 11 is 5.76. The molecule has 0 radical (unpaired) electrons. The quantitative estimate of drug-likeness (QED) is 0.660. The molecule has 0 spiro atoms. The molecule has 0 fully saturated rings. The van der Waals surface area contributed by atoms with Crippen molar-refractivity contribution < 1.29 is 9.59 Å². The first kappa shape index (κ1) is 13.5. The summed E-state index contributed by atoms with van der Waals surface area (Å²) in [5, 5.41) is 0.422. The number of carbonyl (C=O) groups is 2. The Labute approximate surface area is 105 Å². The Balaban J connectivity index is 2.64. The van der Waals surface area contributed by atoms with Gasteiger partial charge in [-0.2, -0.15) is 0 Å². The second kappa shape index (κ2) is 5.68. The molecule has 0 aromatic heterocycles. The van der Waals surface area contributed by atoms with Crippen LogP contribution in [0.5, 0.6) is 0 Å². The van der Waals surface area contributed by atoms with Gasteiger partial charge < -0.3 is 10.6 Å². The molecule has 1 rings (SSSR count). The molecule has 2 N–H and O–H groups in total. The van der Waals surface area contributed by atoms with E-state index in [1.54, 1.807) is 26.2 Å². The molecule has 1 aromatic carbocycles. The van der Waals surface area contributed by atoms with E-state index in [0.29, 0.717) is 16.3 Å². The lowest BCUT2D eigenvalue weighted by atomic mass is 10.1. The second-order valence-electron chi connectivity index (χ2n) is 3.95. The number of carbonyl (C=O) groups excluding carboxylic acids is 2. The van der Waals surface area contributed by atoms with Crippen molar-refractivity contribution in [2.24, 2.45) is 0 Å². The van der Waals surface area contributed by atoms with Gasteiger partial charge in [0.2, 0.25) is 5.91 Å². The average Bonchev–Trinajstić information content (AvgIpc) is 2.28. The van der Waals surface area contributed by atoms with Crippen LogP contribution in [0.4, 0.5) is 5.69 Å². The molecule has 1 aromatic rings. The summed E-state index contributed by atoms with van der Waals surface area (Å²) in [6.45, 7) is 0. The van der Waals surface area contributed by atoms with Crippen LogP contribution in [-0.2, 0) is 4.79 Å². The fraction of sp³-hybridized carbons (Fsp3) is 0.333. The van der Waals surface area contributed by atoms with Crippen molar-refractivity contribution in [1.82, 2.24) is 4.90 Å². The number of anilines is 1. The number of nitrogens with zero attached hydrogens (tertiary/aromatic N) is 1. The van der Waals surface area contributed by atoms with Crippen LogP contribution >= 0.6 is 11.6 Å². The number of benzene rings is 1. The van der Waals surface area contributed by atoms with E-state index in [1.165, 1.54) is 11.0 Å². The van der Waals surface area contributed by atoms with Crippen LogP contribution in [0, 0.1) is 0 Å². The van der Waals surface area contributed by atoms with E-state index in [4.69, 9.17) is 17.3 Å². The molecule has 0 bridgehead atoms. The molecule has 0 aliphatic rings. The van der Waals surface area contributed by atoms with Crippen LogP contribution in [0.25, 0.3) is 0 Å². The molecule has 0 unspecified atom stereocenters. The lowest BCUT2D eigenvalue weighted by Gasteiger charge is -2.09. The van der Waals surface area contributed by atoms with Crippen LogP contribution in [0.2, 0.25) is 5.02 Å². The first-order valence-electron chi connectivity index (χ1n) is 5.20. The van der Waals surface area contributed by atoms with Crippen molar-refractivity contribution in [3.8, 4) is 0 Å². The zero-order valence-corrected chi connectivity index (χ0v) is 10.6. The standard InChI is InChI=1S/C12H15ClN2O2/c1-15(2)12(17)6-5-11(16)8-3-4-9(13)10(14)7-8/h3-4,7H,5-6,14H2,1-2H3. The van der Waals surface area contributed by atoms with E-state index < -0.39 is 0 Å². The van der Waals surface area contributed by atoms with E-state index in [0.717, 1.165) is 0 Å². The predicted molar refractivity (Wildman–Crippen MR) is 68.1 cm³/mol. The summed E-state index contributed by atoms with van der Waals surface area (Å²) in [6.07, 6.45) is 0.381. The number of Topliss-reactive ketones (excluding diaryl/α,β-unsaturated/α-hetero) is 1. The fourth-order valence-electron chi connectivity index (χ4n) is 1.31. The number of hydrogen-bond acceptors (Lipinski definition) is 3. The third-order valence-corrected chi connectivity index (χ3v) is 2.73. The van der Waals surface area contributed by atoms with Gasteiger partial charge in [0.05, 0.1) is 10.7 Å². The summed E-state index contributed by atoms with van der Waals surface area (Å²) in [6, 6.07) is 4.73. The minimum Gasteiger partial charge on any atom is -0.398 e. The molecule has 5 heteroatoms. The van der Waals surface area contributed by atoms with Crippen LogP contribution < -0.4 is 5.73 Å². The second-order valence-corrected chi connectivity index (χ2v) is 4.35. The average molecular weight is 255 g/mol. The van der Waals surface area contributed by atoms with Gasteiger partial charge in [-0.3, -0.25) is 9.59 Å². The zero-order valence-electron chi connectivity index (χ0n) is 9.87. The monoisotopic (exact) mass is 254 g/mol. The third kappa shape index (κ3) is 3.75. The van der Waals surface area contributed by atoms with Gasteiger partial charge >= 0.3 is 0 Å². The number of ketones is 1. The molecule has 0 aliphatic heterocycles. The third-order valence-electron chi connectivity index (χ3n) is 2.38. The van der Waals surface area contributed by atoms with Gasteiger partial charge in [0.25, 0.3) is 0 Å². The van der Waals surface area contributed by atoms with Crippen LogP contribution in [0.15, 0.2) is 18.2 Å². The topological polar surface area (TPSA) is 63.4 Å². The van der Waals surface area contributed by atoms with E-state index in [9.17, 15) is 9.59 Å². The Kier molecular flexibility index (Phi) is 4.52. The lowest BCUT2D eigenvalue weighted by Crippen LogP contribution is -2.22. The van der Waals surface area contributed by atoms with Gasteiger partial charge in [-0.05, 0) is 18.2 Å². The normalized spacial score (nSPS) is 10.1. The molecule has 0 aliphatic carbocycles. The van der Waals surface area contributed by atoms with E-state index in [-0.39, 0.29) is 24.5 Å². The largest absolute Gasteiger partial charge is 0.398 e. The van der Waals surface area contributed by atoms with Gasteiger partial charge in [-0.15, -0.1) is 0 Å². The molecule has 1 amide bonds. The zero-order chi connectivity index (χ0) is 13.0. The van der Waals surface area contributed by atoms with Crippen molar-refractivity contribution in [2.45, 2.75) is 12.8 Å². The molecule has 17 heavy (non-hydrogen) atoms. The number of hydrogen-bond donors (Lipinski definition) is 1. The summed E-state index contributed by atoms with van der Waals surface area (Å²) in [7, 11) is 3.32. The smallest absolute Gasteiger partial charge is 0.222 e. The highest BCUT2D eigenvalue weighted by Gasteiger charge is 2.11. The Hall–Kier alpha value is -1.55. The summed E-state index contributed by atoms with van der Waals surface area (Å²) in [5.74, 6) is -0.177. The Morgan fingerprint density at radius 1 is 1.29 bits per heavy atom. The van der Waals surface area contributed by atoms with Crippen molar-refractivity contribution in [3.05, 3.63) is 28.8 Å². The van der Waals surface area contributed by atoms with Crippen molar-refractivity contribution in [1.29, 1.82) is 0 Å². The molecule has 0 atom stereocenters. The molecular weight excluding hydrogens is 240 g/mol. The number of halogens is 1. The lowest BCUT2D eigenvalue weighted by molar-refractivity contribution is -0.128. The Morgan fingerprint density at radius 3 is 2.47 bits per heavy atom. The minimum absolute atomic E-state index is 0.0692. The molecule has 4 nitrogen and oxygen atoms in total. The number of nitrogens with two attached hydrogens (primary N) is 1. The highest BCUT2D eigenvalue weighted by molar-refractivity contribution is 6.33. The molecule has 0 saturated heterocycles. The Morgan fingerprint density at radius 2 is 1.94 bits per heavy atom. The van der Waals surface area contributed by atoms with Crippen molar-refractivity contribution in [3.63, 3.8) is 0 Å². The van der Waals surface area contributed by atoms with E-state index in [2.05, 4.69) is 0 Å². The number of rotatable bonds is 4. The summed E-state index contributed by atoms with van der Waals surface area (Å²) in [5.41, 5.74) is 6.46. The maximum atomic E-state index is 11.8. The summed E-state index contributed by atoms with van der Waals surface area (Å²) in [4.78, 5) is 24.6. The first-order chi connectivity index (χ1) is 7.91. The maximum absolute atomic E-state index is 11.8. The molecule has 92 valence electrons. The maximum Gasteiger partial charge on any atom is 0.222 e. The van der Waals surface area contributed by atoms with Gasteiger partial charge in [0, 0.05) is 32.5 Å². The minimum atomic E-state index is -0.108. The molecular formula is C12H15ClN2O2. The highest BCUT2D eigenvalue weighted by Crippen LogP contribution is 2.20. The van der Waals surface area contributed by atoms with E-state index >= 15 is 0 Å². The van der Waals surface area contributed by atoms with Crippen molar-refractivity contribution in [2.75, 3.05) is 19.8 Å². The SMILES string of the molecule is CN(C)C(=O)CCC(=O)c1ccc(Cl)c(N)c1. The fourth-order valence-corrected chi connectivity index (χ4v) is 1.42. The molecule has 0 heterocycles. The van der Waals surface area contributed by atoms with Crippen LogP contribution in [-0.4, -0.2) is 30.7 Å². The van der Waals surface area contributed by atoms with Gasteiger partial charge in [0.1, 0.15) is 0 Å². The Bertz CT molecular complexity index is 444. The van der Waals surface area contributed by atoms with Crippen LogP contribution in [0.3, 0.4) is 0 Å². The number of nitrogen functional groups attached to an aromatic ring is 1. The van der Waals surface area contributed by atoms with Gasteiger partial charge in [0.15, 0.2) is 5.78 Å². The molecule has 0 saturated carbocycles. The van der Waals surface area contributed by atoms with Crippen LogP contribution in [0.1, 0.15) is 23.2 Å². The first-order valence-corrected chi connectivity index (χ1v) is 5.58. The van der Waals surface area contributed by atoms with Gasteiger partial charge in [-0.25, -0.2) is 0 Å². The van der Waals surface area contributed by atoms with Gasteiger partial charge in [-0.1, -0.05) is 11.6 Å². The van der Waals surface area contributed by atoms with Crippen molar-refractivity contribution >= 4 is 29.0 Å². The predicted octanol–water partition coefficient (Wildman–Crippen LogP) is 1.97. The number of amides is 1.